The van der Waals surface area contributed by atoms with Gasteiger partial charge in [0.15, 0.2) is 5.54 Å². The van der Waals surface area contributed by atoms with Crippen molar-refractivity contribution in [1.82, 2.24) is 10.9 Å². The Labute approximate surface area is 222 Å². The molecular weight excluding hydrogens is 493 g/mol. The molecule has 0 aliphatic carbocycles. The number of benzene rings is 2. The van der Waals surface area contributed by atoms with E-state index in [1.165, 1.54) is 12.1 Å². The van der Waals surface area contributed by atoms with Gasteiger partial charge in [-0.05, 0) is 76.1 Å². The van der Waals surface area contributed by atoms with Gasteiger partial charge < -0.3 is 19.3 Å². The summed E-state index contributed by atoms with van der Waals surface area (Å²) in [5, 5.41) is 8.91. The molecule has 1 amide bonds. The van der Waals surface area contributed by atoms with Gasteiger partial charge in [0.25, 0.3) is 5.91 Å². The van der Waals surface area contributed by atoms with Gasteiger partial charge in [-0.1, -0.05) is 12.1 Å². The minimum Gasteiger partial charge on any atom is -0.494 e. The third-order valence-corrected chi connectivity index (χ3v) is 5.87. The van der Waals surface area contributed by atoms with Crippen molar-refractivity contribution in [1.29, 1.82) is 0 Å². The van der Waals surface area contributed by atoms with E-state index in [-0.39, 0.29) is 37.7 Å². The number of rotatable bonds is 12. The Hall–Kier alpha value is -3.50. The van der Waals surface area contributed by atoms with Crippen LogP contribution in [0.1, 0.15) is 58.1 Å². The minimum atomic E-state index is -1.39. The van der Waals surface area contributed by atoms with Crippen molar-refractivity contribution in [2.45, 2.75) is 70.7 Å². The van der Waals surface area contributed by atoms with Gasteiger partial charge in [-0.3, -0.25) is 15.0 Å². The highest BCUT2D eigenvalue weighted by Gasteiger charge is 2.50. The molecule has 0 bridgehead atoms. The van der Waals surface area contributed by atoms with Crippen molar-refractivity contribution >= 4 is 17.8 Å². The Morgan fingerprint density at radius 1 is 1.13 bits per heavy atom. The van der Waals surface area contributed by atoms with Gasteiger partial charge in [0.2, 0.25) is 5.90 Å². The number of aliphatic imine (C=N–C) groups is 1. The van der Waals surface area contributed by atoms with Crippen LogP contribution < -0.4 is 15.6 Å². The van der Waals surface area contributed by atoms with Gasteiger partial charge in [0, 0.05) is 31.6 Å². The van der Waals surface area contributed by atoms with Crippen LogP contribution in [0.4, 0.5) is 4.39 Å². The average Bonchev–Trinajstić information content (AvgIpc) is 3.21. The number of aliphatic hydroxyl groups excluding tert-OH is 1. The summed E-state index contributed by atoms with van der Waals surface area (Å²) in [5.74, 6) is -0.341. The van der Waals surface area contributed by atoms with Crippen molar-refractivity contribution in [3.63, 3.8) is 0 Å². The molecular formula is C28H36FN3O6. The number of ether oxygens (including phenoxy) is 3. The van der Waals surface area contributed by atoms with Gasteiger partial charge in [-0.25, -0.2) is 14.8 Å². The molecule has 0 aromatic heterocycles. The number of hydrogen-bond acceptors (Lipinski definition) is 8. The predicted molar refractivity (Wildman–Crippen MR) is 140 cm³/mol. The zero-order valence-electron chi connectivity index (χ0n) is 22.3. The molecule has 0 unspecified atom stereocenters. The summed E-state index contributed by atoms with van der Waals surface area (Å²) in [6.07, 6.45) is -0.114. The number of carbonyl (C=O) groups is 2. The summed E-state index contributed by atoms with van der Waals surface area (Å²) in [4.78, 5) is 30.7. The number of amides is 1. The summed E-state index contributed by atoms with van der Waals surface area (Å²) in [5.41, 5.74) is 4.91. The second-order valence-corrected chi connectivity index (χ2v) is 10.1. The van der Waals surface area contributed by atoms with E-state index in [9.17, 15) is 14.0 Å². The fourth-order valence-electron chi connectivity index (χ4n) is 3.87. The lowest BCUT2D eigenvalue weighted by atomic mass is 9.88. The van der Waals surface area contributed by atoms with Crippen LogP contribution in [0, 0.1) is 5.82 Å². The van der Waals surface area contributed by atoms with Gasteiger partial charge in [0.05, 0.1) is 6.61 Å². The third kappa shape index (κ3) is 8.00. The smallest absolute Gasteiger partial charge is 0.306 e. The van der Waals surface area contributed by atoms with E-state index in [1.54, 1.807) is 64.1 Å². The maximum Gasteiger partial charge on any atom is 0.306 e. The Morgan fingerprint density at radius 3 is 2.45 bits per heavy atom. The van der Waals surface area contributed by atoms with Crippen molar-refractivity contribution < 1.29 is 33.3 Å². The summed E-state index contributed by atoms with van der Waals surface area (Å²) in [7, 11) is 0. The molecule has 206 valence electrons. The second kappa shape index (κ2) is 12.8. The Kier molecular flexibility index (Phi) is 9.82. The van der Waals surface area contributed by atoms with Crippen LogP contribution in [0.5, 0.6) is 5.75 Å². The Morgan fingerprint density at radius 2 is 1.82 bits per heavy atom. The molecule has 9 nitrogen and oxygen atoms in total. The van der Waals surface area contributed by atoms with Crippen LogP contribution in [-0.4, -0.2) is 53.3 Å². The van der Waals surface area contributed by atoms with Crippen LogP contribution >= 0.6 is 0 Å². The molecule has 0 fully saturated rings. The fourth-order valence-corrected chi connectivity index (χ4v) is 3.87. The number of halogens is 1. The predicted octanol–water partition coefficient (Wildman–Crippen LogP) is 3.43. The molecule has 3 rings (SSSR count). The van der Waals surface area contributed by atoms with E-state index < -0.39 is 29.1 Å². The van der Waals surface area contributed by atoms with Crippen LogP contribution in [-0.2, 0) is 25.6 Å². The first-order valence-electron chi connectivity index (χ1n) is 12.6. The third-order valence-electron chi connectivity index (χ3n) is 5.87. The molecule has 1 heterocycles. The lowest BCUT2D eigenvalue weighted by Crippen LogP contribution is -2.54. The SMILES string of the molecule is C[C@@H]1OC(c2ccc(OCCCO)cc2)=N[C@]1(CCC(=O)OC(C)(C)C)C(=O)NNCc1ccc(F)cc1. The van der Waals surface area contributed by atoms with Crippen molar-refractivity contribution in [2.75, 3.05) is 13.2 Å². The Balaban J connectivity index is 1.77. The maximum atomic E-state index is 13.5. The van der Waals surface area contributed by atoms with E-state index in [0.29, 0.717) is 24.3 Å². The average molecular weight is 530 g/mol. The molecule has 2 aromatic rings. The maximum absolute atomic E-state index is 13.5. The monoisotopic (exact) mass is 529 g/mol. The molecule has 2 aromatic carbocycles. The van der Waals surface area contributed by atoms with Gasteiger partial charge in [0.1, 0.15) is 23.3 Å². The van der Waals surface area contributed by atoms with Crippen molar-refractivity contribution in [3.8, 4) is 5.75 Å². The number of nitrogens with one attached hydrogen (secondary N) is 2. The van der Waals surface area contributed by atoms with E-state index in [1.807, 2.05) is 0 Å². The standard InChI is InChI=1S/C28H36FN3O6/c1-19-28(15-14-24(34)38-27(2,3)4,26(35)32-30-18-20-6-10-22(29)11-7-20)31-25(37-19)21-8-12-23(13-9-21)36-17-5-16-33/h6-13,19,30,33H,5,14-18H2,1-4H3,(H,32,35)/t19-,28-/m0/s1. The molecule has 2 atom stereocenters. The highest BCUT2D eigenvalue weighted by Crippen LogP contribution is 2.34. The van der Waals surface area contributed by atoms with Crippen molar-refractivity contribution in [2.24, 2.45) is 4.99 Å². The summed E-state index contributed by atoms with van der Waals surface area (Å²) >= 11 is 0. The van der Waals surface area contributed by atoms with E-state index >= 15 is 0 Å². The number of aliphatic hydroxyl groups is 1. The lowest BCUT2D eigenvalue weighted by molar-refractivity contribution is -0.155. The molecule has 1 aliphatic heterocycles. The summed E-state index contributed by atoms with van der Waals surface area (Å²) in [6.45, 7) is 7.77. The summed E-state index contributed by atoms with van der Waals surface area (Å²) < 4.78 is 30.2. The fraction of sp³-hybridized carbons (Fsp3) is 0.464. The normalized spacial score (nSPS) is 18.9. The molecule has 0 saturated heterocycles. The summed E-state index contributed by atoms with van der Waals surface area (Å²) in [6, 6.07) is 13.0. The number of hydrogen-bond donors (Lipinski definition) is 3. The molecule has 3 N–H and O–H groups in total. The molecule has 38 heavy (non-hydrogen) atoms. The Bertz CT molecular complexity index is 1110. The lowest BCUT2D eigenvalue weighted by Gasteiger charge is -2.28. The van der Waals surface area contributed by atoms with Gasteiger partial charge in [-0.2, -0.15) is 0 Å². The zero-order valence-corrected chi connectivity index (χ0v) is 22.3. The number of carbonyl (C=O) groups excluding carboxylic acids is 2. The van der Waals surface area contributed by atoms with E-state index in [4.69, 9.17) is 24.3 Å². The molecule has 10 heteroatoms. The van der Waals surface area contributed by atoms with E-state index in [2.05, 4.69) is 10.9 Å². The number of hydrazine groups is 1. The molecule has 0 saturated carbocycles. The minimum absolute atomic E-state index is 0.0369. The van der Waals surface area contributed by atoms with Crippen molar-refractivity contribution in [3.05, 3.63) is 65.5 Å². The largest absolute Gasteiger partial charge is 0.494 e. The van der Waals surface area contributed by atoms with Crippen LogP contribution in [0.2, 0.25) is 0 Å². The quantitative estimate of drug-likeness (QED) is 0.219. The highest BCUT2D eigenvalue weighted by molar-refractivity contribution is 6.00. The van der Waals surface area contributed by atoms with Gasteiger partial charge in [-0.15, -0.1) is 0 Å². The van der Waals surface area contributed by atoms with E-state index in [0.717, 1.165) is 5.56 Å². The molecule has 1 aliphatic rings. The molecule has 0 spiro atoms. The van der Waals surface area contributed by atoms with Crippen LogP contribution in [0.15, 0.2) is 53.5 Å². The number of nitrogens with zero attached hydrogens (tertiary/aromatic N) is 1. The zero-order chi connectivity index (χ0) is 27.8. The first kappa shape index (κ1) is 29.1. The highest BCUT2D eigenvalue weighted by atomic mass is 19.1. The topological polar surface area (TPSA) is 118 Å². The first-order chi connectivity index (χ1) is 18.0. The van der Waals surface area contributed by atoms with Crippen LogP contribution in [0.25, 0.3) is 0 Å². The number of esters is 1. The van der Waals surface area contributed by atoms with Crippen LogP contribution in [0.3, 0.4) is 0 Å². The molecule has 0 radical (unpaired) electrons. The van der Waals surface area contributed by atoms with Gasteiger partial charge >= 0.3 is 5.97 Å². The second-order valence-electron chi connectivity index (χ2n) is 10.1. The first-order valence-corrected chi connectivity index (χ1v) is 12.6.